The Kier molecular flexibility index (Phi) is 3.77. The van der Waals surface area contributed by atoms with Crippen molar-refractivity contribution in [2.45, 2.75) is 32.1 Å². The van der Waals surface area contributed by atoms with E-state index >= 15 is 0 Å². The number of carbonyl (C=O) groups excluding carboxylic acids is 2. The third-order valence-electron chi connectivity index (χ3n) is 2.31. The molecule has 1 aliphatic carbocycles. The second kappa shape index (κ2) is 4.91. The molecule has 0 aliphatic heterocycles. The van der Waals surface area contributed by atoms with Crippen LogP contribution in [-0.2, 0) is 9.59 Å². The smallest absolute Gasteiger partial charge is 0.223 e. The first-order chi connectivity index (χ1) is 5.84. The lowest BCUT2D eigenvalue weighted by Gasteiger charge is -2.19. The molecular formula is C9H14NO2. The third-order valence-corrected chi connectivity index (χ3v) is 2.31. The van der Waals surface area contributed by atoms with E-state index in [1.54, 1.807) is 6.29 Å². The highest BCUT2D eigenvalue weighted by Crippen LogP contribution is 2.23. The Morgan fingerprint density at radius 3 is 2.58 bits per heavy atom. The van der Waals surface area contributed by atoms with Crippen molar-refractivity contribution in [3.63, 3.8) is 0 Å². The summed E-state index contributed by atoms with van der Waals surface area (Å²) in [6, 6.07) is 0. The SMILES string of the molecule is O=[C]CNC(=O)C1CCCCC1. The molecule has 12 heavy (non-hydrogen) atoms. The minimum atomic E-state index is 0.0260. The zero-order chi connectivity index (χ0) is 8.81. The lowest BCUT2D eigenvalue weighted by molar-refractivity contribution is -0.125. The predicted octanol–water partition coefficient (Wildman–Crippen LogP) is 0.793. The summed E-state index contributed by atoms with van der Waals surface area (Å²) in [5.74, 6) is 0.171. The van der Waals surface area contributed by atoms with Crippen LogP contribution in [0.2, 0.25) is 0 Å². The molecule has 0 unspecified atom stereocenters. The van der Waals surface area contributed by atoms with Gasteiger partial charge in [-0.15, -0.1) is 0 Å². The molecule has 67 valence electrons. The summed E-state index contributed by atoms with van der Waals surface area (Å²) >= 11 is 0. The van der Waals surface area contributed by atoms with E-state index in [0.717, 1.165) is 25.7 Å². The molecule has 1 N–H and O–H groups in total. The summed E-state index contributed by atoms with van der Waals surface area (Å²) in [6.07, 6.45) is 7.13. The van der Waals surface area contributed by atoms with Gasteiger partial charge in [0.1, 0.15) is 0 Å². The van der Waals surface area contributed by atoms with Crippen molar-refractivity contribution in [2.24, 2.45) is 5.92 Å². The van der Waals surface area contributed by atoms with E-state index in [-0.39, 0.29) is 18.4 Å². The van der Waals surface area contributed by atoms with Crippen molar-refractivity contribution >= 4 is 12.2 Å². The van der Waals surface area contributed by atoms with Crippen molar-refractivity contribution in [3.8, 4) is 0 Å². The van der Waals surface area contributed by atoms with Crippen LogP contribution in [0, 0.1) is 5.92 Å². The molecule has 0 spiro atoms. The van der Waals surface area contributed by atoms with Gasteiger partial charge >= 0.3 is 0 Å². The van der Waals surface area contributed by atoms with Crippen LogP contribution in [0.25, 0.3) is 0 Å². The van der Waals surface area contributed by atoms with Crippen LogP contribution < -0.4 is 5.32 Å². The quantitative estimate of drug-likeness (QED) is 0.677. The van der Waals surface area contributed by atoms with Gasteiger partial charge in [0, 0.05) is 5.92 Å². The van der Waals surface area contributed by atoms with E-state index in [1.807, 2.05) is 0 Å². The topological polar surface area (TPSA) is 46.2 Å². The highest BCUT2D eigenvalue weighted by molar-refractivity contribution is 5.80. The molecule has 0 aromatic heterocycles. The van der Waals surface area contributed by atoms with Gasteiger partial charge in [-0.3, -0.25) is 9.59 Å². The summed E-state index contributed by atoms with van der Waals surface area (Å²) in [4.78, 5) is 21.1. The molecule has 1 rings (SSSR count). The van der Waals surface area contributed by atoms with E-state index in [4.69, 9.17) is 0 Å². The average molecular weight is 168 g/mol. The summed E-state index contributed by atoms with van der Waals surface area (Å²) in [5.41, 5.74) is 0. The van der Waals surface area contributed by atoms with Gasteiger partial charge in [-0.2, -0.15) is 0 Å². The minimum Gasteiger partial charge on any atom is -0.348 e. The molecule has 1 fully saturated rings. The Morgan fingerprint density at radius 2 is 2.00 bits per heavy atom. The van der Waals surface area contributed by atoms with Gasteiger partial charge in [0.15, 0.2) is 0 Å². The molecule has 1 saturated carbocycles. The Labute approximate surface area is 72.5 Å². The van der Waals surface area contributed by atoms with Crippen molar-refractivity contribution in [1.82, 2.24) is 5.32 Å². The van der Waals surface area contributed by atoms with Crippen LogP contribution in [0.3, 0.4) is 0 Å². The van der Waals surface area contributed by atoms with Gasteiger partial charge in [-0.05, 0) is 12.8 Å². The van der Waals surface area contributed by atoms with Gasteiger partial charge in [0.05, 0.1) is 6.54 Å². The van der Waals surface area contributed by atoms with Gasteiger partial charge in [0.25, 0.3) is 0 Å². The fraction of sp³-hybridized carbons (Fsp3) is 0.778. The summed E-state index contributed by atoms with van der Waals surface area (Å²) in [5, 5.41) is 2.54. The van der Waals surface area contributed by atoms with E-state index in [1.165, 1.54) is 6.42 Å². The fourth-order valence-corrected chi connectivity index (χ4v) is 1.63. The Balaban J connectivity index is 2.24. The molecule has 0 bridgehead atoms. The number of hydrogen-bond acceptors (Lipinski definition) is 2. The van der Waals surface area contributed by atoms with Gasteiger partial charge < -0.3 is 5.32 Å². The highest BCUT2D eigenvalue weighted by Gasteiger charge is 2.20. The Morgan fingerprint density at radius 1 is 1.33 bits per heavy atom. The molecule has 0 saturated heterocycles. The molecule has 1 aliphatic rings. The Bertz CT molecular complexity index is 162. The number of hydrogen-bond donors (Lipinski definition) is 1. The molecule has 0 aromatic carbocycles. The predicted molar refractivity (Wildman–Crippen MR) is 45.3 cm³/mol. The maximum Gasteiger partial charge on any atom is 0.223 e. The van der Waals surface area contributed by atoms with Crippen LogP contribution in [-0.4, -0.2) is 18.7 Å². The van der Waals surface area contributed by atoms with Crippen LogP contribution in [0.15, 0.2) is 0 Å². The molecule has 3 nitrogen and oxygen atoms in total. The van der Waals surface area contributed by atoms with Gasteiger partial charge in [0.2, 0.25) is 12.2 Å². The van der Waals surface area contributed by atoms with Crippen LogP contribution in [0.1, 0.15) is 32.1 Å². The van der Waals surface area contributed by atoms with E-state index in [2.05, 4.69) is 5.32 Å². The van der Waals surface area contributed by atoms with Crippen molar-refractivity contribution in [2.75, 3.05) is 6.54 Å². The zero-order valence-electron chi connectivity index (χ0n) is 7.14. The number of carbonyl (C=O) groups is 1. The van der Waals surface area contributed by atoms with Crippen LogP contribution >= 0.6 is 0 Å². The summed E-state index contributed by atoms with van der Waals surface area (Å²) < 4.78 is 0. The first-order valence-electron chi connectivity index (χ1n) is 4.47. The summed E-state index contributed by atoms with van der Waals surface area (Å²) in [6.45, 7) is 0.0370. The normalized spacial score (nSPS) is 18.7. The first kappa shape index (κ1) is 9.23. The minimum absolute atomic E-state index is 0.0260. The number of amides is 1. The lowest BCUT2D eigenvalue weighted by Crippen LogP contribution is -2.32. The maximum atomic E-state index is 11.3. The molecule has 1 radical (unpaired) electrons. The van der Waals surface area contributed by atoms with E-state index in [0.29, 0.717) is 0 Å². The first-order valence-corrected chi connectivity index (χ1v) is 4.47. The number of rotatable bonds is 3. The number of nitrogens with one attached hydrogen (secondary N) is 1. The van der Waals surface area contributed by atoms with Crippen LogP contribution in [0.5, 0.6) is 0 Å². The zero-order valence-corrected chi connectivity index (χ0v) is 7.14. The maximum absolute atomic E-state index is 11.3. The molecule has 1 amide bonds. The molecule has 3 heteroatoms. The van der Waals surface area contributed by atoms with Gasteiger partial charge in [-0.1, -0.05) is 19.3 Å². The average Bonchev–Trinajstić information content (AvgIpc) is 2.15. The van der Waals surface area contributed by atoms with Gasteiger partial charge in [-0.25, -0.2) is 0 Å². The lowest BCUT2D eigenvalue weighted by atomic mass is 9.89. The van der Waals surface area contributed by atoms with E-state index in [9.17, 15) is 9.59 Å². The monoisotopic (exact) mass is 168 g/mol. The molecule has 0 heterocycles. The van der Waals surface area contributed by atoms with Crippen molar-refractivity contribution < 1.29 is 9.59 Å². The molecule has 0 atom stereocenters. The van der Waals surface area contributed by atoms with Crippen molar-refractivity contribution in [1.29, 1.82) is 0 Å². The largest absolute Gasteiger partial charge is 0.348 e. The highest BCUT2D eigenvalue weighted by atomic mass is 16.2. The standard InChI is InChI=1S/C9H14NO2/c11-7-6-10-9(12)8-4-2-1-3-5-8/h8H,1-6H2,(H,10,12). The Hall–Kier alpha value is -0.860. The third kappa shape index (κ3) is 2.64. The summed E-state index contributed by atoms with van der Waals surface area (Å²) in [7, 11) is 0. The second-order valence-corrected chi connectivity index (χ2v) is 3.20. The fourth-order valence-electron chi connectivity index (χ4n) is 1.63. The second-order valence-electron chi connectivity index (χ2n) is 3.20. The van der Waals surface area contributed by atoms with Crippen molar-refractivity contribution in [3.05, 3.63) is 0 Å². The van der Waals surface area contributed by atoms with E-state index < -0.39 is 0 Å². The molecule has 0 aromatic rings. The molecular weight excluding hydrogens is 154 g/mol. The van der Waals surface area contributed by atoms with Crippen LogP contribution in [0.4, 0.5) is 0 Å².